The first-order valence-corrected chi connectivity index (χ1v) is 12.9. The summed E-state index contributed by atoms with van der Waals surface area (Å²) in [4.78, 5) is 18.1. The highest BCUT2D eigenvalue weighted by Crippen LogP contribution is 2.33. The van der Waals surface area contributed by atoms with Crippen LogP contribution in [0.3, 0.4) is 0 Å². The molecule has 0 aliphatic carbocycles. The maximum atomic E-state index is 12.9. The molecule has 0 saturated heterocycles. The van der Waals surface area contributed by atoms with Gasteiger partial charge in [0, 0.05) is 18.0 Å². The molecule has 0 unspecified atom stereocenters. The number of amides is 1. The highest BCUT2D eigenvalue weighted by Gasteiger charge is 2.21. The first kappa shape index (κ1) is 21.7. The Morgan fingerprint density at radius 1 is 1.03 bits per heavy atom. The summed E-state index contributed by atoms with van der Waals surface area (Å²) in [7, 11) is -2.23. The Morgan fingerprint density at radius 2 is 1.74 bits per heavy atom. The third-order valence-corrected chi connectivity index (χ3v) is 8.65. The van der Waals surface area contributed by atoms with Crippen molar-refractivity contribution >= 4 is 65.4 Å². The van der Waals surface area contributed by atoms with Crippen molar-refractivity contribution in [2.75, 3.05) is 16.7 Å². The van der Waals surface area contributed by atoms with Gasteiger partial charge < -0.3 is 0 Å². The van der Waals surface area contributed by atoms with Crippen molar-refractivity contribution in [3.63, 3.8) is 0 Å². The minimum absolute atomic E-state index is 0.107. The van der Waals surface area contributed by atoms with Crippen LogP contribution in [-0.4, -0.2) is 26.4 Å². The average molecular weight is 534 g/mol. The van der Waals surface area contributed by atoms with Crippen molar-refractivity contribution in [3.05, 3.63) is 81.5 Å². The number of carbonyl (C=O) groups excluding carboxylic acids is 1. The Labute approximate surface area is 196 Å². The number of sulfonamides is 1. The molecule has 2 heterocycles. The molecular formula is C21H16BrN3O3S3. The van der Waals surface area contributed by atoms with Crippen LogP contribution in [0.5, 0.6) is 0 Å². The van der Waals surface area contributed by atoms with E-state index in [1.165, 1.54) is 47.0 Å². The molecule has 1 amide bonds. The van der Waals surface area contributed by atoms with Gasteiger partial charge in [-0.1, -0.05) is 18.2 Å². The molecule has 31 heavy (non-hydrogen) atoms. The fraction of sp³-hybridized carbons (Fsp3) is 0.0476. The van der Waals surface area contributed by atoms with Crippen LogP contribution in [-0.2, 0) is 10.0 Å². The molecule has 0 aliphatic rings. The minimum atomic E-state index is -3.73. The predicted molar refractivity (Wildman–Crippen MR) is 130 cm³/mol. The molecule has 0 fully saturated rings. The third kappa shape index (κ3) is 4.72. The summed E-state index contributed by atoms with van der Waals surface area (Å²) >= 11 is 6.32. The lowest BCUT2D eigenvalue weighted by Gasteiger charge is -2.19. The number of nitrogens with zero attached hydrogens (tertiary/aromatic N) is 2. The number of halogens is 1. The number of anilines is 2. The van der Waals surface area contributed by atoms with Crippen molar-refractivity contribution in [1.29, 1.82) is 0 Å². The smallest absolute Gasteiger partial charge is 0.264 e. The van der Waals surface area contributed by atoms with Gasteiger partial charge in [0.05, 0.1) is 24.9 Å². The molecule has 0 saturated carbocycles. The maximum Gasteiger partial charge on any atom is 0.264 e. The Bertz CT molecular complexity index is 1320. The number of para-hydroxylation sites is 1. The summed E-state index contributed by atoms with van der Waals surface area (Å²) in [6.45, 7) is 0. The molecule has 2 aromatic heterocycles. The van der Waals surface area contributed by atoms with Gasteiger partial charge in [0.25, 0.3) is 15.9 Å². The monoisotopic (exact) mass is 533 g/mol. The highest BCUT2D eigenvalue weighted by molar-refractivity contribution is 9.11. The molecule has 1 N–H and O–H groups in total. The van der Waals surface area contributed by atoms with E-state index in [1.54, 1.807) is 35.6 Å². The molecule has 0 aliphatic heterocycles. The number of rotatable bonds is 6. The fourth-order valence-electron chi connectivity index (χ4n) is 2.78. The molecule has 0 radical (unpaired) electrons. The van der Waals surface area contributed by atoms with Crippen LogP contribution < -0.4 is 9.62 Å². The zero-order valence-electron chi connectivity index (χ0n) is 16.2. The van der Waals surface area contributed by atoms with Crippen molar-refractivity contribution < 1.29 is 13.2 Å². The van der Waals surface area contributed by atoms with E-state index in [4.69, 9.17) is 0 Å². The second-order valence-corrected chi connectivity index (χ2v) is 11.7. The molecule has 0 bridgehead atoms. The number of thiophene rings is 1. The van der Waals surface area contributed by atoms with Crippen LogP contribution >= 0.6 is 38.6 Å². The topological polar surface area (TPSA) is 79.4 Å². The Balaban J connectivity index is 1.48. The summed E-state index contributed by atoms with van der Waals surface area (Å²) in [6, 6.07) is 18.6. The van der Waals surface area contributed by atoms with Gasteiger partial charge in [0.15, 0.2) is 5.13 Å². The third-order valence-electron chi connectivity index (χ3n) is 4.45. The molecule has 0 spiro atoms. The lowest BCUT2D eigenvalue weighted by atomic mass is 10.2. The summed E-state index contributed by atoms with van der Waals surface area (Å²) in [5, 5.41) is 5.12. The lowest BCUT2D eigenvalue weighted by Crippen LogP contribution is -2.26. The fourth-order valence-corrected chi connectivity index (χ4v) is 6.10. The Hall–Kier alpha value is -2.53. The van der Waals surface area contributed by atoms with Gasteiger partial charge >= 0.3 is 0 Å². The SMILES string of the molecule is CN(c1ccccc1)S(=O)(=O)c1ccc(C(=O)Nc2nc(-c3ccc(Br)s3)cs2)cc1. The zero-order valence-corrected chi connectivity index (χ0v) is 20.2. The van der Waals surface area contributed by atoms with E-state index >= 15 is 0 Å². The normalized spacial score (nSPS) is 11.3. The summed E-state index contributed by atoms with van der Waals surface area (Å²) in [5.41, 5.74) is 1.69. The first-order chi connectivity index (χ1) is 14.8. The number of nitrogens with one attached hydrogen (secondary N) is 1. The van der Waals surface area contributed by atoms with E-state index in [9.17, 15) is 13.2 Å². The van der Waals surface area contributed by atoms with Crippen molar-refractivity contribution in [3.8, 4) is 10.6 Å². The number of hydrogen-bond donors (Lipinski definition) is 1. The van der Waals surface area contributed by atoms with Gasteiger partial charge in [-0.15, -0.1) is 22.7 Å². The van der Waals surface area contributed by atoms with Crippen molar-refractivity contribution in [2.24, 2.45) is 0 Å². The largest absolute Gasteiger partial charge is 0.298 e. The van der Waals surface area contributed by atoms with Crippen LogP contribution in [0, 0.1) is 0 Å². The summed E-state index contributed by atoms with van der Waals surface area (Å²) < 4.78 is 27.9. The molecule has 10 heteroatoms. The summed E-state index contributed by atoms with van der Waals surface area (Å²) in [6.07, 6.45) is 0. The van der Waals surface area contributed by atoms with Crippen LogP contribution in [0.15, 0.2) is 80.8 Å². The zero-order chi connectivity index (χ0) is 22.0. The average Bonchev–Trinajstić information content (AvgIpc) is 3.42. The van der Waals surface area contributed by atoms with Gasteiger partial charge in [0.2, 0.25) is 0 Å². The molecule has 4 rings (SSSR count). The van der Waals surface area contributed by atoms with Crippen LogP contribution in [0.4, 0.5) is 10.8 Å². The van der Waals surface area contributed by atoms with Crippen molar-refractivity contribution in [1.82, 2.24) is 4.98 Å². The van der Waals surface area contributed by atoms with E-state index in [0.29, 0.717) is 16.4 Å². The van der Waals surface area contributed by atoms with Gasteiger partial charge in [-0.3, -0.25) is 14.4 Å². The van der Waals surface area contributed by atoms with E-state index < -0.39 is 10.0 Å². The van der Waals surface area contributed by atoms with E-state index in [2.05, 4.69) is 26.2 Å². The number of aromatic nitrogens is 1. The quantitative estimate of drug-likeness (QED) is 0.344. The highest BCUT2D eigenvalue weighted by atomic mass is 79.9. The number of benzene rings is 2. The predicted octanol–water partition coefficient (Wildman–Crippen LogP) is 5.71. The molecule has 4 aromatic rings. The molecule has 158 valence electrons. The van der Waals surface area contributed by atoms with E-state index in [-0.39, 0.29) is 10.8 Å². The van der Waals surface area contributed by atoms with Crippen LogP contribution in [0.1, 0.15) is 10.4 Å². The Kier molecular flexibility index (Phi) is 6.24. The Morgan fingerprint density at radius 3 is 2.39 bits per heavy atom. The standard InChI is InChI=1S/C21H16BrN3O3S3/c1-25(15-5-3-2-4-6-15)31(27,28)16-9-7-14(8-10-16)20(26)24-21-23-17(13-29-21)18-11-12-19(22)30-18/h2-13H,1H3,(H,23,24,26). The van der Waals surface area contributed by atoms with Crippen molar-refractivity contribution in [2.45, 2.75) is 4.90 Å². The van der Waals surface area contributed by atoms with Gasteiger partial charge in [-0.25, -0.2) is 13.4 Å². The van der Waals surface area contributed by atoms with Crippen LogP contribution in [0.2, 0.25) is 0 Å². The molecule has 2 aromatic carbocycles. The second-order valence-electron chi connectivity index (χ2n) is 6.43. The molecular weight excluding hydrogens is 518 g/mol. The first-order valence-electron chi connectivity index (χ1n) is 9.01. The van der Waals surface area contributed by atoms with Gasteiger partial charge in [0.1, 0.15) is 0 Å². The number of hydrogen-bond acceptors (Lipinski definition) is 6. The second kappa shape index (κ2) is 8.91. The summed E-state index contributed by atoms with van der Waals surface area (Å²) in [5.74, 6) is -0.353. The van der Waals surface area contributed by atoms with Gasteiger partial charge in [-0.05, 0) is 64.5 Å². The minimum Gasteiger partial charge on any atom is -0.298 e. The molecule has 6 nitrogen and oxygen atoms in total. The molecule has 0 atom stereocenters. The lowest BCUT2D eigenvalue weighted by molar-refractivity contribution is 0.102. The maximum absolute atomic E-state index is 12.9. The number of thiazole rings is 1. The van der Waals surface area contributed by atoms with Crippen LogP contribution in [0.25, 0.3) is 10.6 Å². The van der Waals surface area contributed by atoms with E-state index in [1.807, 2.05) is 23.6 Å². The van der Waals surface area contributed by atoms with E-state index in [0.717, 1.165) is 14.4 Å². The van der Waals surface area contributed by atoms with Gasteiger partial charge in [-0.2, -0.15) is 0 Å². The number of carbonyl (C=O) groups is 1.